The number of thiazole rings is 2. The second-order valence-electron chi connectivity index (χ2n) is 5.09. The fourth-order valence-electron chi connectivity index (χ4n) is 2.37. The molecule has 0 aliphatic carbocycles. The number of hydrogen-bond donors (Lipinski definition) is 1. The first kappa shape index (κ1) is 17.8. The Balaban J connectivity index is 1.62. The monoisotopic (exact) mass is 443 g/mol. The van der Waals surface area contributed by atoms with E-state index in [0.29, 0.717) is 20.2 Å². The van der Waals surface area contributed by atoms with Crippen molar-refractivity contribution in [1.29, 1.82) is 0 Å². The van der Waals surface area contributed by atoms with Gasteiger partial charge in [0.15, 0.2) is 21.8 Å². The second-order valence-corrected chi connectivity index (χ2v) is 9.27. The van der Waals surface area contributed by atoms with Gasteiger partial charge in [-0.15, -0.1) is 22.7 Å². The van der Waals surface area contributed by atoms with Gasteiger partial charge in [-0.1, -0.05) is 34.5 Å². The maximum Gasteiger partial charge on any atom is 0.190 e. The number of rotatable bonds is 5. The summed E-state index contributed by atoms with van der Waals surface area (Å²) in [6.45, 7) is 0. The van der Waals surface area contributed by atoms with Crippen molar-refractivity contribution in [2.45, 2.75) is 0 Å². The van der Waals surface area contributed by atoms with E-state index in [-0.39, 0.29) is 0 Å². The summed E-state index contributed by atoms with van der Waals surface area (Å²) in [5, 5.41) is 6.66. The fraction of sp³-hybridized carbons (Fsp3) is 0.125. The highest BCUT2D eigenvalue weighted by molar-refractivity contribution is 7.22. The number of nitrogens with zero attached hydrogens (tertiary/aromatic N) is 2. The maximum absolute atomic E-state index is 6.20. The van der Waals surface area contributed by atoms with Gasteiger partial charge in [0.25, 0.3) is 0 Å². The van der Waals surface area contributed by atoms with Gasteiger partial charge in [-0.05, 0) is 6.07 Å². The number of halogens is 2. The Morgan fingerprint density at radius 3 is 2.42 bits per heavy atom. The summed E-state index contributed by atoms with van der Waals surface area (Å²) in [6.07, 6.45) is 0. The molecule has 0 saturated carbocycles. The summed E-state index contributed by atoms with van der Waals surface area (Å²) in [5.74, 6) is 1.33. The average Bonchev–Trinajstić information content (AvgIpc) is 3.31. The number of anilines is 2. The molecular weight excluding hydrogens is 433 g/mol. The van der Waals surface area contributed by atoms with Gasteiger partial charge < -0.3 is 14.8 Å². The number of methoxy groups -OCH3 is 2. The lowest BCUT2D eigenvalue weighted by atomic mass is 10.3. The van der Waals surface area contributed by atoms with Crippen molar-refractivity contribution in [3.63, 3.8) is 0 Å². The van der Waals surface area contributed by atoms with Gasteiger partial charge in [-0.25, -0.2) is 9.97 Å². The molecule has 134 valence electrons. The Bertz CT molecular complexity index is 1050. The molecule has 0 fully saturated rings. The third kappa shape index (κ3) is 3.35. The summed E-state index contributed by atoms with van der Waals surface area (Å²) in [6, 6.07) is 5.59. The molecule has 0 radical (unpaired) electrons. The first-order valence-electron chi connectivity index (χ1n) is 7.27. The van der Waals surface area contributed by atoms with E-state index in [2.05, 4.69) is 15.3 Å². The fourth-order valence-corrected chi connectivity index (χ4v) is 5.50. The van der Waals surface area contributed by atoms with Crippen molar-refractivity contribution < 1.29 is 9.47 Å². The van der Waals surface area contributed by atoms with E-state index in [1.54, 1.807) is 14.2 Å². The highest BCUT2D eigenvalue weighted by Crippen LogP contribution is 2.40. The Labute approximate surface area is 171 Å². The molecule has 0 aliphatic heterocycles. The molecule has 4 rings (SSSR count). The van der Waals surface area contributed by atoms with Crippen molar-refractivity contribution in [3.05, 3.63) is 32.3 Å². The number of benzene rings is 1. The molecule has 4 aromatic rings. The van der Waals surface area contributed by atoms with Crippen LogP contribution in [0.2, 0.25) is 8.67 Å². The molecule has 1 aromatic carbocycles. The first-order chi connectivity index (χ1) is 12.6. The lowest BCUT2D eigenvalue weighted by molar-refractivity contribution is 0.356. The van der Waals surface area contributed by atoms with Crippen LogP contribution in [0, 0.1) is 0 Å². The molecule has 0 spiro atoms. The number of fused-ring (bicyclic) bond motifs is 1. The molecule has 5 nitrogen and oxygen atoms in total. The average molecular weight is 444 g/mol. The van der Waals surface area contributed by atoms with Crippen LogP contribution in [0.15, 0.2) is 23.6 Å². The normalized spacial score (nSPS) is 11.1. The number of ether oxygens (including phenoxy) is 2. The summed E-state index contributed by atoms with van der Waals surface area (Å²) in [4.78, 5) is 9.16. The van der Waals surface area contributed by atoms with Crippen LogP contribution in [0.4, 0.5) is 10.3 Å². The third-order valence-electron chi connectivity index (χ3n) is 3.54. The minimum Gasteiger partial charge on any atom is -0.493 e. The maximum atomic E-state index is 6.20. The molecule has 1 N–H and O–H groups in total. The smallest absolute Gasteiger partial charge is 0.190 e. The van der Waals surface area contributed by atoms with Crippen molar-refractivity contribution in [1.82, 2.24) is 9.97 Å². The van der Waals surface area contributed by atoms with Gasteiger partial charge in [0.2, 0.25) is 0 Å². The van der Waals surface area contributed by atoms with Gasteiger partial charge in [0, 0.05) is 23.1 Å². The van der Waals surface area contributed by atoms with Gasteiger partial charge in [0.05, 0.1) is 34.5 Å². The van der Waals surface area contributed by atoms with Crippen LogP contribution >= 0.6 is 57.2 Å². The third-order valence-corrected chi connectivity index (χ3v) is 6.72. The van der Waals surface area contributed by atoms with Crippen molar-refractivity contribution in [2.24, 2.45) is 0 Å². The largest absolute Gasteiger partial charge is 0.493 e. The van der Waals surface area contributed by atoms with Crippen LogP contribution in [-0.2, 0) is 0 Å². The van der Waals surface area contributed by atoms with Crippen LogP contribution in [0.3, 0.4) is 0 Å². The summed E-state index contributed by atoms with van der Waals surface area (Å²) >= 11 is 16.5. The lowest BCUT2D eigenvalue weighted by Gasteiger charge is -2.05. The molecule has 26 heavy (non-hydrogen) atoms. The van der Waals surface area contributed by atoms with Crippen LogP contribution < -0.4 is 14.8 Å². The summed E-state index contributed by atoms with van der Waals surface area (Å²) in [5.41, 5.74) is 2.46. The molecule has 3 heterocycles. The lowest BCUT2D eigenvalue weighted by Crippen LogP contribution is -1.90. The van der Waals surface area contributed by atoms with E-state index in [0.717, 1.165) is 31.7 Å². The van der Waals surface area contributed by atoms with Gasteiger partial charge in [0.1, 0.15) is 4.34 Å². The van der Waals surface area contributed by atoms with Crippen molar-refractivity contribution in [2.75, 3.05) is 19.5 Å². The molecule has 3 aromatic heterocycles. The standard InChI is InChI=1S/C16H11Cl2N3O2S3/c1-22-10-4-8-12(5-11(10)23-2)25-16(19-8)21-15-20-9(6-24-15)7-3-13(17)26-14(7)18/h3-6H,1-2H3,(H,19,20,21). The molecule has 0 amide bonds. The van der Waals surface area contributed by atoms with Crippen LogP contribution in [0.25, 0.3) is 21.5 Å². The van der Waals surface area contributed by atoms with E-state index >= 15 is 0 Å². The number of hydrogen-bond acceptors (Lipinski definition) is 8. The van der Waals surface area contributed by atoms with Crippen LogP contribution in [-0.4, -0.2) is 24.2 Å². The molecule has 0 bridgehead atoms. The van der Waals surface area contributed by atoms with Gasteiger partial charge >= 0.3 is 0 Å². The summed E-state index contributed by atoms with van der Waals surface area (Å²) in [7, 11) is 3.22. The van der Waals surface area contributed by atoms with E-state index in [9.17, 15) is 0 Å². The molecule has 0 unspecified atom stereocenters. The van der Waals surface area contributed by atoms with E-state index < -0.39 is 0 Å². The Kier molecular flexibility index (Phi) is 4.94. The minimum absolute atomic E-state index is 0.631. The highest BCUT2D eigenvalue weighted by atomic mass is 35.5. The van der Waals surface area contributed by atoms with Gasteiger partial charge in [-0.3, -0.25) is 0 Å². The molecule has 0 aliphatic rings. The van der Waals surface area contributed by atoms with Crippen molar-refractivity contribution in [3.8, 4) is 22.8 Å². The Morgan fingerprint density at radius 1 is 0.962 bits per heavy atom. The van der Waals surface area contributed by atoms with Crippen LogP contribution in [0.1, 0.15) is 0 Å². The summed E-state index contributed by atoms with van der Waals surface area (Å²) < 4.78 is 12.9. The Morgan fingerprint density at radius 2 is 1.73 bits per heavy atom. The van der Waals surface area contributed by atoms with E-state index in [4.69, 9.17) is 32.7 Å². The molecule has 0 saturated heterocycles. The Hall–Kier alpha value is -1.58. The van der Waals surface area contributed by atoms with Gasteiger partial charge in [-0.2, -0.15) is 0 Å². The number of aromatic nitrogens is 2. The number of thiophene rings is 1. The molecule has 10 heteroatoms. The van der Waals surface area contributed by atoms with Crippen molar-refractivity contribution >= 4 is 77.7 Å². The topological polar surface area (TPSA) is 56.3 Å². The van der Waals surface area contributed by atoms with Crippen LogP contribution in [0.5, 0.6) is 11.5 Å². The van der Waals surface area contributed by atoms with E-state index in [1.807, 2.05) is 23.6 Å². The highest BCUT2D eigenvalue weighted by Gasteiger charge is 2.14. The van der Waals surface area contributed by atoms with E-state index in [1.165, 1.54) is 34.0 Å². The number of nitrogens with one attached hydrogen (secondary N) is 1. The quantitative estimate of drug-likeness (QED) is 0.378. The first-order valence-corrected chi connectivity index (χ1v) is 10.5. The second kappa shape index (κ2) is 7.21. The predicted octanol–water partition coefficient (Wildman–Crippen LogP) is 6.55. The SMILES string of the molecule is COc1cc2nc(Nc3nc(-c4cc(Cl)sc4Cl)cs3)sc2cc1OC. The molecular formula is C16H11Cl2N3O2S3. The molecule has 0 atom stereocenters. The predicted molar refractivity (Wildman–Crippen MR) is 111 cm³/mol. The minimum atomic E-state index is 0.631. The zero-order chi connectivity index (χ0) is 18.3. The zero-order valence-corrected chi connectivity index (χ0v) is 17.5. The zero-order valence-electron chi connectivity index (χ0n) is 13.5.